The number of para-hydroxylation sites is 1. The summed E-state index contributed by atoms with van der Waals surface area (Å²) in [5, 5.41) is 4.15. The van der Waals surface area contributed by atoms with Gasteiger partial charge in [-0.2, -0.15) is 4.98 Å². The fraction of sp³-hybridized carbons (Fsp3) is 0.350. The van der Waals surface area contributed by atoms with Crippen molar-refractivity contribution in [1.82, 2.24) is 19.4 Å². The zero-order valence-corrected chi connectivity index (χ0v) is 15.1. The van der Waals surface area contributed by atoms with Gasteiger partial charge in [-0.05, 0) is 31.0 Å². The van der Waals surface area contributed by atoms with Crippen molar-refractivity contribution in [2.24, 2.45) is 0 Å². The number of amides is 1. The first kappa shape index (κ1) is 16.6. The molecule has 2 heterocycles. The molecule has 6 heteroatoms. The SMILES string of the molecule is CN(C)C(=O)c1cc2cnc(Nc3ccccc3)nc2n1C1CCCC1. The van der Waals surface area contributed by atoms with E-state index in [0.717, 1.165) is 29.6 Å². The molecule has 0 aliphatic heterocycles. The van der Waals surface area contributed by atoms with Crippen molar-refractivity contribution < 1.29 is 4.79 Å². The summed E-state index contributed by atoms with van der Waals surface area (Å²) in [5.41, 5.74) is 2.47. The van der Waals surface area contributed by atoms with Gasteiger partial charge in [-0.15, -0.1) is 0 Å². The largest absolute Gasteiger partial charge is 0.343 e. The lowest BCUT2D eigenvalue weighted by atomic mass is 10.2. The molecule has 134 valence electrons. The van der Waals surface area contributed by atoms with Gasteiger partial charge in [-0.25, -0.2) is 4.98 Å². The number of carbonyl (C=O) groups excluding carboxylic acids is 1. The molecule has 26 heavy (non-hydrogen) atoms. The van der Waals surface area contributed by atoms with E-state index in [0.29, 0.717) is 17.7 Å². The Morgan fingerprint density at radius 2 is 1.92 bits per heavy atom. The summed E-state index contributed by atoms with van der Waals surface area (Å²) in [6, 6.07) is 12.1. The van der Waals surface area contributed by atoms with Crippen LogP contribution in [-0.4, -0.2) is 39.4 Å². The van der Waals surface area contributed by atoms with E-state index in [1.54, 1.807) is 25.2 Å². The van der Waals surface area contributed by atoms with Crippen molar-refractivity contribution in [3.63, 3.8) is 0 Å². The predicted octanol–water partition coefficient (Wildman–Crippen LogP) is 3.99. The van der Waals surface area contributed by atoms with Crippen LogP contribution in [0.2, 0.25) is 0 Å². The summed E-state index contributed by atoms with van der Waals surface area (Å²) in [7, 11) is 3.57. The normalized spacial score (nSPS) is 14.7. The van der Waals surface area contributed by atoms with E-state index in [2.05, 4.69) is 14.9 Å². The van der Waals surface area contributed by atoms with Gasteiger partial charge >= 0.3 is 0 Å². The van der Waals surface area contributed by atoms with Crippen LogP contribution < -0.4 is 5.32 Å². The highest BCUT2D eigenvalue weighted by Crippen LogP contribution is 2.34. The molecule has 1 saturated carbocycles. The second-order valence-electron chi connectivity index (χ2n) is 7.00. The molecule has 1 N–H and O–H groups in total. The molecular weight excluding hydrogens is 326 g/mol. The van der Waals surface area contributed by atoms with Gasteiger partial charge in [0.05, 0.1) is 0 Å². The Morgan fingerprint density at radius 3 is 2.62 bits per heavy atom. The summed E-state index contributed by atoms with van der Waals surface area (Å²) in [6.07, 6.45) is 6.36. The van der Waals surface area contributed by atoms with Crippen LogP contribution in [0.3, 0.4) is 0 Å². The van der Waals surface area contributed by atoms with Crippen molar-refractivity contribution in [3.05, 3.63) is 48.3 Å². The van der Waals surface area contributed by atoms with E-state index in [4.69, 9.17) is 4.98 Å². The molecule has 0 atom stereocenters. The molecule has 0 unspecified atom stereocenters. The monoisotopic (exact) mass is 349 g/mol. The molecular formula is C20H23N5O. The molecule has 1 aliphatic rings. The van der Waals surface area contributed by atoms with Crippen LogP contribution >= 0.6 is 0 Å². The highest BCUT2D eigenvalue weighted by atomic mass is 16.2. The van der Waals surface area contributed by atoms with Crippen molar-refractivity contribution in [2.75, 3.05) is 19.4 Å². The van der Waals surface area contributed by atoms with Crippen molar-refractivity contribution >= 4 is 28.6 Å². The number of anilines is 2. The third-order valence-electron chi connectivity index (χ3n) is 4.92. The number of benzene rings is 1. The smallest absolute Gasteiger partial charge is 0.270 e. The topological polar surface area (TPSA) is 63.1 Å². The van der Waals surface area contributed by atoms with Crippen molar-refractivity contribution in [1.29, 1.82) is 0 Å². The van der Waals surface area contributed by atoms with E-state index in [1.807, 2.05) is 36.4 Å². The zero-order valence-electron chi connectivity index (χ0n) is 15.1. The van der Waals surface area contributed by atoms with Gasteiger partial charge in [-0.3, -0.25) is 4.79 Å². The van der Waals surface area contributed by atoms with Crippen LogP contribution in [0.25, 0.3) is 11.0 Å². The van der Waals surface area contributed by atoms with Gasteiger partial charge in [0.25, 0.3) is 5.91 Å². The first-order valence-corrected chi connectivity index (χ1v) is 9.05. The number of hydrogen-bond acceptors (Lipinski definition) is 4. The standard InChI is InChI=1S/C20H23N5O/c1-24(2)19(26)17-12-14-13-21-20(22-15-8-4-3-5-9-15)23-18(14)25(17)16-10-6-7-11-16/h3-5,8-9,12-13,16H,6-7,10-11H2,1-2H3,(H,21,22,23). The molecule has 1 amide bonds. The van der Waals surface area contributed by atoms with E-state index in [1.165, 1.54) is 12.8 Å². The van der Waals surface area contributed by atoms with Crippen LogP contribution in [-0.2, 0) is 0 Å². The third-order valence-corrected chi connectivity index (χ3v) is 4.92. The summed E-state index contributed by atoms with van der Waals surface area (Å²) >= 11 is 0. The number of nitrogens with zero attached hydrogens (tertiary/aromatic N) is 4. The van der Waals surface area contributed by atoms with Crippen LogP contribution in [0.5, 0.6) is 0 Å². The Kier molecular flexibility index (Phi) is 4.32. The number of rotatable bonds is 4. The van der Waals surface area contributed by atoms with Gasteiger partial charge < -0.3 is 14.8 Å². The van der Waals surface area contributed by atoms with Gasteiger partial charge in [0.2, 0.25) is 5.95 Å². The van der Waals surface area contributed by atoms with Gasteiger partial charge in [0.15, 0.2) is 0 Å². The zero-order chi connectivity index (χ0) is 18.1. The highest BCUT2D eigenvalue weighted by molar-refractivity contribution is 5.97. The minimum Gasteiger partial charge on any atom is -0.343 e. The van der Waals surface area contributed by atoms with Gasteiger partial charge in [-0.1, -0.05) is 31.0 Å². The molecule has 6 nitrogen and oxygen atoms in total. The number of fused-ring (bicyclic) bond motifs is 1. The first-order valence-electron chi connectivity index (χ1n) is 9.05. The predicted molar refractivity (Wildman–Crippen MR) is 103 cm³/mol. The third kappa shape index (κ3) is 3.03. The van der Waals surface area contributed by atoms with Gasteiger partial charge in [0, 0.05) is 37.4 Å². The number of nitrogens with one attached hydrogen (secondary N) is 1. The Bertz CT molecular complexity index is 926. The van der Waals surface area contributed by atoms with Crippen LogP contribution in [0, 0.1) is 0 Å². The maximum atomic E-state index is 12.7. The summed E-state index contributed by atoms with van der Waals surface area (Å²) < 4.78 is 2.13. The fourth-order valence-electron chi connectivity index (χ4n) is 3.64. The first-order chi connectivity index (χ1) is 12.6. The van der Waals surface area contributed by atoms with Crippen molar-refractivity contribution in [3.8, 4) is 0 Å². The number of hydrogen-bond donors (Lipinski definition) is 1. The second-order valence-corrected chi connectivity index (χ2v) is 7.00. The van der Waals surface area contributed by atoms with Crippen LogP contribution in [0.4, 0.5) is 11.6 Å². The summed E-state index contributed by atoms with van der Waals surface area (Å²) in [6.45, 7) is 0. The number of aromatic nitrogens is 3. The van der Waals surface area contributed by atoms with E-state index in [9.17, 15) is 4.79 Å². The summed E-state index contributed by atoms with van der Waals surface area (Å²) in [4.78, 5) is 23.5. The Hall–Kier alpha value is -2.89. The molecule has 1 aliphatic carbocycles. The lowest BCUT2D eigenvalue weighted by molar-refractivity contribution is 0.0815. The van der Waals surface area contributed by atoms with Gasteiger partial charge in [0.1, 0.15) is 11.3 Å². The average molecular weight is 349 g/mol. The second kappa shape index (κ2) is 6.78. The Balaban J connectivity index is 1.80. The van der Waals surface area contributed by atoms with E-state index < -0.39 is 0 Å². The van der Waals surface area contributed by atoms with E-state index >= 15 is 0 Å². The minimum absolute atomic E-state index is 0.00692. The Labute approximate surface area is 152 Å². The maximum Gasteiger partial charge on any atom is 0.270 e. The lowest BCUT2D eigenvalue weighted by Crippen LogP contribution is -2.25. The molecule has 0 bridgehead atoms. The minimum atomic E-state index is 0.00692. The summed E-state index contributed by atoms with van der Waals surface area (Å²) in [5.74, 6) is 0.553. The van der Waals surface area contributed by atoms with E-state index in [-0.39, 0.29) is 5.91 Å². The van der Waals surface area contributed by atoms with Crippen LogP contribution in [0.1, 0.15) is 42.2 Å². The molecule has 0 radical (unpaired) electrons. The molecule has 4 rings (SSSR count). The lowest BCUT2D eigenvalue weighted by Gasteiger charge is -2.19. The maximum absolute atomic E-state index is 12.7. The quantitative estimate of drug-likeness (QED) is 0.773. The highest BCUT2D eigenvalue weighted by Gasteiger charge is 2.26. The molecule has 0 spiro atoms. The molecule has 3 aromatic rings. The van der Waals surface area contributed by atoms with Crippen molar-refractivity contribution in [2.45, 2.75) is 31.7 Å². The number of carbonyl (C=O) groups is 1. The fourth-order valence-corrected chi connectivity index (χ4v) is 3.64. The molecule has 1 fully saturated rings. The average Bonchev–Trinajstić information content (AvgIpc) is 3.28. The molecule has 1 aromatic carbocycles. The molecule has 2 aromatic heterocycles. The van der Waals surface area contributed by atoms with Crippen LogP contribution in [0.15, 0.2) is 42.6 Å². The Morgan fingerprint density at radius 1 is 1.19 bits per heavy atom. The molecule has 0 saturated heterocycles.